The summed E-state index contributed by atoms with van der Waals surface area (Å²) < 4.78 is 12.5. The van der Waals surface area contributed by atoms with Crippen molar-refractivity contribution in [3.05, 3.63) is 36.4 Å². The number of thioether (sulfide) groups is 1. The Morgan fingerprint density at radius 2 is 2.29 bits per heavy atom. The molecule has 0 bridgehead atoms. The second kappa shape index (κ2) is 8.57. The first-order valence-corrected chi connectivity index (χ1v) is 10.1. The van der Waals surface area contributed by atoms with E-state index in [9.17, 15) is 4.79 Å². The Kier molecular flexibility index (Phi) is 5.73. The van der Waals surface area contributed by atoms with Gasteiger partial charge in [-0.3, -0.25) is 4.79 Å². The third-order valence-corrected chi connectivity index (χ3v) is 5.40. The Morgan fingerprint density at radius 1 is 1.36 bits per heavy atom. The molecule has 0 radical (unpaired) electrons. The number of hydrogen-bond acceptors (Lipinski definition) is 7. The minimum absolute atomic E-state index is 0.0544. The molecule has 1 atom stereocenters. The zero-order chi connectivity index (χ0) is 19.3. The van der Waals surface area contributed by atoms with Crippen molar-refractivity contribution < 1.29 is 14.3 Å². The monoisotopic (exact) mass is 399 g/mol. The molecular weight excluding hydrogens is 378 g/mol. The zero-order valence-corrected chi connectivity index (χ0v) is 16.3. The molecule has 8 nitrogen and oxygen atoms in total. The molecule has 1 aliphatic heterocycles. The third-order valence-electron chi connectivity index (χ3n) is 4.48. The molecular formula is C19H21N5O3S. The van der Waals surface area contributed by atoms with Crippen LogP contribution in [0.5, 0.6) is 5.75 Å². The summed E-state index contributed by atoms with van der Waals surface area (Å²) in [6, 6.07) is 11.4. The first-order valence-electron chi connectivity index (χ1n) is 9.11. The van der Waals surface area contributed by atoms with Crippen LogP contribution in [0.15, 0.2) is 41.6 Å². The molecule has 1 saturated heterocycles. The van der Waals surface area contributed by atoms with Crippen LogP contribution in [-0.2, 0) is 9.53 Å². The highest BCUT2D eigenvalue weighted by Gasteiger charge is 2.17. The van der Waals surface area contributed by atoms with E-state index in [0.29, 0.717) is 17.3 Å². The fourth-order valence-corrected chi connectivity index (χ4v) is 3.73. The predicted molar refractivity (Wildman–Crippen MR) is 105 cm³/mol. The highest BCUT2D eigenvalue weighted by atomic mass is 32.2. The van der Waals surface area contributed by atoms with Crippen LogP contribution in [0.2, 0.25) is 0 Å². The molecule has 1 aromatic carbocycles. The number of nitrogens with one attached hydrogen (secondary N) is 1. The van der Waals surface area contributed by atoms with E-state index in [1.807, 2.05) is 36.4 Å². The fraction of sp³-hybridized carbons (Fsp3) is 0.368. The summed E-state index contributed by atoms with van der Waals surface area (Å²) in [4.78, 5) is 12.1. The number of nitrogens with zero attached hydrogens (tertiary/aromatic N) is 4. The van der Waals surface area contributed by atoms with Crippen molar-refractivity contribution in [1.82, 2.24) is 25.1 Å². The second-order valence-corrected chi connectivity index (χ2v) is 7.37. The summed E-state index contributed by atoms with van der Waals surface area (Å²) in [5, 5.41) is 16.4. The van der Waals surface area contributed by atoms with Crippen LogP contribution in [0.4, 0.5) is 0 Å². The van der Waals surface area contributed by atoms with Gasteiger partial charge in [-0.1, -0.05) is 23.9 Å². The Balaban J connectivity index is 1.44. The quantitative estimate of drug-likeness (QED) is 0.609. The van der Waals surface area contributed by atoms with Gasteiger partial charge in [-0.25, -0.2) is 0 Å². The van der Waals surface area contributed by atoms with E-state index in [1.165, 1.54) is 11.8 Å². The largest absolute Gasteiger partial charge is 0.497 e. The lowest BCUT2D eigenvalue weighted by Crippen LogP contribution is -2.32. The van der Waals surface area contributed by atoms with Crippen LogP contribution < -0.4 is 10.1 Å². The van der Waals surface area contributed by atoms with Crippen molar-refractivity contribution in [1.29, 1.82) is 0 Å². The fourth-order valence-electron chi connectivity index (χ4n) is 3.01. The minimum Gasteiger partial charge on any atom is -0.497 e. The van der Waals surface area contributed by atoms with Gasteiger partial charge < -0.3 is 14.8 Å². The van der Waals surface area contributed by atoms with Gasteiger partial charge in [0.15, 0.2) is 5.65 Å². The maximum atomic E-state index is 12.1. The van der Waals surface area contributed by atoms with Crippen LogP contribution in [0, 0.1) is 0 Å². The number of ether oxygens (including phenoxy) is 2. The number of benzene rings is 1. The van der Waals surface area contributed by atoms with Crippen LogP contribution in [-0.4, -0.2) is 57.8 Å². The molecule has 0 unspecified atom stereocenters. The summed E-state index contributed by atoms with van der Waals surface area (Å²) in [5.41, 5.74) is 2.34. The molecule has 1 fully saturated rings. The summed E-state index contributed by atoms with van der Waals surface area (Å²) in [5.74, 6) is 0.959. The minimum atomic E-state index is -0.0544. The molecule has 0 spiro atoms. The van der Waals surface area contributed by atoms with Gasteiger partial charge in [-0.15, -0.1) is 10.2 Å². The first kappa shape index (κ1) is 18.7. The van der Waals surface area contributed by atoms with Crippen LogP contribution in [0.3, 0.4) is 0 Å². The topological polar surface area (TPSA) is 90.6 Å². The van der Waals surface area contributed by atoms with Crippen molar-refractivity contribution in [3.63, 3.8) is 0 Å². The van der Waals surface area contributed by atoms with Crippen molar-refractivity contribution in [2.75, 3.05) is 26.0 Å². The van der Waals surface area contributed by atoms with E-state index < -0.39 is 0 Å². The number of fused-ring (bicyclic) bond motifs is 1. The summed E-state index contributed by atoms with van der Waals surface area (Å²) in [7, 11) is 1.63. The Labute approximate surface area is 166 Å². The molecule has 0 saturated carbocycles. The Morgan fingerprint density at radius 3 is 3.11 bits per heavy atom. The summed E-state index contributed by atoms with van der Waals surface area (Å²) >= 11 is 1.31. The number of aromatic nitrogens is 4. The van der Waals surface area contributed by atoms with Crippen LogP contribution >= 0.6 is 11.8 Å². The van der Waals surface area contributed by atoms with E-state index in [4.69, 9.17) is 9.47 Å². The normalized spacial score (nSPS) is 16.4. The van der Waals surface area contributed by atoms with Crippen molar-refractivity contribution in [2.24, 2.45) is 0 Å². The van der Waals surface area contributed by atoms with Gasteiger partial charge in [0.2, 0.25) is 11.1 Å². The maximum Gasteiger partial charge on any atom is 0.230 e. The lowest BCUT2D eigenvalue weighted by molar-refractivity contribution is -0.119. The lowest BCUT2D eigenvalue weighted by Gasteiger charge is -2.10. The molecule has 28 heavy (non-hydrogen) atoms. The zero-order valence-electron chi connectivity index (χ0n) is 15.5. The van der Waals surface area contributed by atoms with E-state index in [2.05, 4.69) is 20.6 Å². The van der Waals surface area contributed by atoms with Crippen LogP contribution in [0.1, 0.15) is 12.8 Å². The number of carbonyl (C=O) groups is 1. The highest BCUT2D eigenvalue weighted by Crippen LogP contribution is 2.23. The van der Waals surface area contributed by atoms with E-state index >= 15 is 0 Å². The smallest absolute Gasteiger partial charge is 0.230 e. The molecule has 146 valence electrons. The average Bonchev–Trinajstić information content (AvgIpc) is 3.40. The number of carbonyl (C=O) groups excluding carboxylic acids is 1. The van der Waals surface area contributed by atoms with Gasteiger partial charge in [-0.05, 0) is 37.1 Å². The molecule has 2 aromatic heterocycles. The van der Waals surface area contributed by atoms with Gasteiger partial charge >= 0.3 is 0 Å². The number of hydrogen-bond donors (Lipinski definition) is 1. The van der Waals surface area contributed by atoms with Gasteiger partial charge in [-0.2, -0.15) is 9.61 Å². The SMILES string of the molecule is COc1cccc(-c2ccc3nnc(SCC(=O)NC[C@@H]4CCCO4)n3n2)c1. The molecule has 1 aliphatic rings. The Hall–Kier alpha value is -2.65. The summed E-state index contributed by atoms with van der Waals surface area (Å²) in [6.45, 7) is 1.33. The summed E-state index contributed by atoms with van der Waals surface area (Å²) in [6.07, 6.45) is 2.19. The maximum absolute atomic E-state index is 12.1. The van der Waals surface area contributed by atoms with E-state index in [0.717, 1.165) is 36.5 Å². The number of amides is 1. The lowest BCUT2D eigenvalue weighted by atomic mass is 10.1. The van der Waals surface area contributed by atoms with Crippen molar-refractivity contribution in [3.8, 4) is 17.0 Å². The van der Waals surface area contributed by atoms with E-state index in [-0.39, 0.29) is 17.8 Å². The molecule has 1 amide bonds. The molecule has 3 heterocycles. The Bertz CT molecular complexity index is 971. The van der Waals surface area contributed by atoms with Gasteiger partial charge in [0, 0.05) is 18.7 Å². The first-order chi connectivity index (χ1) is 13.7. The molecule has 3 aromatic rings. The second-order valence-electron chi connectivity index (χ2n) is 6.43. The molecule has 4 rings (SSSR count). The van der Waals surface area contributed by atoms with Gasteiger partial charge in [0.1, 0.15) is 5.75 Å². The molecule has 1 N–H and O–H groups in total. The standard InChI is InChI=1S/C19H21N5O3S/c1-26-14-5-2-4-13(10-14)16-7-8-17-21-22-19(24(17)23-16)28-12-18(25)20-11-15-6-3-9-27-15/h2,4-5,7-8,10,15H,3,6,9,11-12H2,1H3,(H,20,25)/t15-/m0/s1. The third kappa shape index (κ3) is 4.26. The number of rotatable bonds is 7. The van der Waals surface area contributed by atoms with Crippen LogP contribution in [0.25, 0.3) is 16.9 Å². The van der Waals surface area contributed by atoms with E-state index in [1.54, 1.807) is 11.6 Å². The molecule has 9 heteroatoms. The average molecular weight is 399 g/mol. The highest BCUT2D eigenvalue weighted by molar-refractivity contribution is 7.99. The predicted octanol–water partition coefficient (Wildman–Crippen LogP) is 2.19. The van der Waals surface area contributed by atoms with Crippen molar-refractivity contribution in [2.45, 2.75) is 24.1 Å². The molecule has 0 aliphatic carbocycles. The number of methoxy groups -OCH3 is 1. The van der Waals surface area contributed by atoms with Gasteiger partial charge in [0.25, 0.3) is 0 Å². The van der Waals surface area contributed by atoms with Gasteiger partial charge in [0.05, 0.1) is 24.7 Å². The van der Waals surface area contributed by atoms with Crippen molar-refractivity contribution >= 4 is 23.3 Å².